The van der Waals surface area contributed by atoms with Crippen molar-refractivity contribution in [2.24, 2.45) is 5.92 Å². The van der Waals surface area contributed by atoms with E-state index in [4.69, 9.17) is 0 Å². The summed E-state index contributed by atoms with van der Waals surface area (Å²) in [6, 6.07) is 5.34. The summed E-state index contributed by atoms with van der Waals surface area (Å²) in [5, 5.41) is 8.65. The lowest BCUT2D eigenvalue weighted by Gasteiger charge is -2.22. The van der Waals surface area contributed by atoms with Crippen LogP contribution in [0.5, 0.6) is 0 Å². The molecule has 1 aliphatic carbocycles. The van der Waals surface area contributed by atoms with Crippen molar-refractivity contribution in [3.63, 3.8) is 0 Å². The van der Waals surface area contributed by atoms with E-state index < -0.39 is 0 Å². The number of urea groups is 1. The van der Waals surface area contributed by atoms with Crippen LogP contribution in [0.1, 0.15) is 51.0 Å². The van der Waals surface area contributed by atoms with E-state index in [0.717, 1.165) is 17.8 Å². The van der Waals surface area contributed by atoms with Gasteiger partial charge in [-0.1, -0.05) is 32.3 Å². The van der Waals surface area contributed by atoms with Crippen molar-refractivity contribution in [2.45, 2.75) is 52.4 Å². The van der Waals surface area contributed by atoms with Crippen molar-refractivity contribution in [1.29, 1.82) is 0 Å². The maximum absolute atomic E-state index is 12.1. The van der Waals surface area contributed by atoms with Crippen LogP contribution in [0.15, 0.2) is 18.2 Å². The van der Waals surface area contributed by atoms with Gasteiger partial charge in [-0.25, -0.2) is 4.79 Å². The van der Waals surface area contributed by atoms with Gasteiger partial charge >= 0.3 is 6.03 Å². The van der Waals surface area contributed by atoms with E-state index >= 15 is 0 Å². The molecule has 0 spiro atoms. The van der Waals surface area contributed by atoms with Gasteiger partial charge in [-0.05, 0) is 43.4 Å². The largest absolute Gasteiger partial charge is 0.338 e. The summed E-state index contributed by atoms with van der Waals surface area (Å²) in [7, 11) is 0. The van der Waals surface area contributed by atoms with Crippen LogP contribution in [-0.2, 0) is 4.79 Å². The molecule has 1 aromatic carbocycles. The highest BCUT2D eigenvalue weighted by Crippen LogP contribution is 2.23. The Balaban J connectivity index is 1.88. The van der Waals surface area contributed by atoms with Gasteiger partial charge in [0, 0.05) is 24.3 Å². The lowest BCUT2D eigenvalue weighted by Crippen LogP contribution is -2.33. The quantitative estimate of drug-likeness (QED) is 0.767. The normalized spacial score (nSPS) is 15.0. The summed E-state index contributed by atoms with van der Waals surface area (Å²) >= 11 is 0. The number of rotatable bonds is 5. The van der Waals surface area contributed by atoms with Gasteiger partial charge in [0.15, 0.2) is 0 Å². The number of aryl methyl sites for hydroxylation is 1. The van der Waals surface area contributed by atoms with Crippen molar-refractivity contribution in [2.75, 3.05) is 17.2 Å². The molecule has 2 rings (SSSR count). The standard InChI is InChI=1S/C18H27N3O2/c1-3-17(22)20-15-10-9-13(2)16(11-15)21-18(23)19-12-14-7-5-4-6-8-14/h9-11,14H,3-8,12H2,1-2H3,(H,20,22)(H2,19,21,23). The van der Waals surface area contributed by atoms with Crippen molar-refractivity contribution in [1.82, 2.24) is 5.32 Å². The molecule has 23 heavy (non-hydrogen) atoms. The predicted octanol–water partition coefficient (Wildman–Crippen LogP) is 4.05. The Labute approximate surface area is 138 Å². The van der Waals surface area contributed by atoms with E-state index in [2.05, 4.69) is 16.0 Å². The van der Waals surface area contributed by atoms with E-state index in [1.54, 1.807) is 13.0 Å². The Morgan fingerprint density at radius 2 is 1.87 bits per heavy atom. The van der Waals surface area contributed by atoms with Gasteiger partial charge in [0.1, 0.15) is 0 Å². The number of hydrogen-bond donors (Lipinski definition) is 3. The smallest absolute Gasteiger partial charge is 0.319 e. The molecule has 0 radical (unpaired) electrons. The fourth-order valence-corrected chi connectivity index (χ4v) is 2.88. The summed E-state index contributed by atoms with van der Waals surface area (Å²) in [5.41, 5.74) is 2.39. The minimum absolute atomic E-state index is 0.0402. The Bertz CT molecular complexity index is 551. The number of nitrogens with one attached hydrogen (secondary N) is 3. The van der Waals surface area contributed by atoms with Crippen LogP contribution < -0.4 is 16.0 Å². The Hall–Kier alpha value is -2.04. The average Bonchev–Trinajstić information content (AvgIpc) is 2.57. The predicted molar refractivity (Wildman–Crippen MR) is 93.7 cm³/mol. The van der Waals surface area contributed by atoms with Crippen molar-refractivity contribution >= 4 is 23.3 Å². The average molecular weight is 317 g/mol. The Morgan fingerprint density at radius 3 is 2.57 bits per heavy atom. The van der Waals surface area contributed by atoms with Gasteiger partial charge in [-0.15, -0.1) is 0 Å². The Kier molecular flexibility index (Phi) is 6.44. The highest BCUT2D eigenvalue weighted by atomic mass is 16.2. The maximum atomic E-state index is 12.1. The van der Waals surface area contributed by atoms with Crippen molar-refractivity contribution in [3.8, 4) is 0 Å². The maximum Gasteiger partial charge on any atom is 0.319 e. The topological polar surface area (TPSA) is 70.2 Å². The summed E-state index contributed by atoms with van der Waals surface area (Å²) in [6.45, 7) is 4.47. The van der Waals surface area contributed by atoms with Crippen LogP contribution in [0.25, 0.3) is 0 Å². The van der Waals surface area contributed by atoms with Crippen molar-refractivity contribution < 1.29 is 9.59 Å². The molecule has 3 N–H and O–H groups in total. The lowest BCUT2D eigenvalue weighted by molar-refractivity contribution is -0.115. The van der Waals surface area contributed by atoms with E-state index in [-0.39, 0.29) is 11.9 Å². The summed E-state index contributed by atoms with van der Waals surface area (Å²) in [4.78, 5) is 23.6. The number of carbonyl (C=O) groups is 2. The molecule has 0 unspecified atom stereocenters. The van der Waals surface area contributed by atoms with Gasteiger partial charge in [0.2, 0.25) is 5.91 Å². The fourth-order valence-electron chi connectivity index (χ4n) is 2.88. The molecular weight excluding hydrogens is 290 g/mol. The molecule has 126 valence electrons. The molecule has 0 aliphatic heterocycles. The zero-order valence-electron chi connectivity index (χ0n) is 14.1. The number of carbonyl (C=O) groups excluding carboxylic acids is 2. The summed E-state index contributed by atoms with van der Waals surface area (Å²) in [5.74, 6) is 0.562. The first-order valence-electron chi connectivity index (χ1n) is 8.54. The first kappa shape index (κ1) is 17.3. The highest BCUT2D eigenvalue weighted by Gasteiger charge is 2.14. The molecule has 0 bridgehead atoms. The lowest BCUT2D eigenvalue weighted by atomic mass is 9.89. The second kappa shape index (κ2) is 8.56. The van der Waals surface area contributed by atoms with Crippen LogP contribution >= 0.6 is 0 Å². The molecule has 1 aliphatic rings. The first-order chi connectivity index (χ1) is 11.1. The molecule has 0 saturated heterocycles. The minimum atomic E-state index is -0.183. The second-order valence-electron chi connectivity index (χ2n) is 6.27. The van der Waals surface area contributed by atoms with Gasteiger partial charge in [-0.2, -0.15) is 0 Å². The van der Waals surface area contributed by atoms with Gasteiger partial charge < -0.3 is 16.0 Å². The van der Waals surface area contributed by atoms with Crippen LogP contribution in [0.2, 0.25) is 0 Å². The minimum Gasteiger partial charge on any atom is -0.338 e. The van der Waals surface area contributed by atoms with E-state index in [1.165, 1.54) is 32.1 Å². The van der Waals surface area contributed by atoms with E-state index in [0.29, 0.717) is 18.0 Å². The number of amides is 3. The summed E-state index contributed by atoms with van der Waals surface area (Å²) < 4.78 is 0. The van der Waals surface area contributed by atoms with Crippen LogP contribution in [0, 0.1) is 12.8 Å². The molecule has 5 heteroatoms. The number of anilines is 2. The van der Waals surface area contributed by atoms with Gasteiger partial charge in [-0.3, -0.25) is 4.79 Å². The van der Waals surface area contributed by atoms with E-state index in [9.17, 15) is 9.59 Å². The number of benzene rings is 1. The third-order valence-corrected chi connectivity index (χ3v) is 4.37. The van der Waals surface area contributed by atoms with Gasteiger partial charge in [0.25, 0.3) is 0 Å². The molecule has 5 nitrogen and oxygen atoms in total. The van der Waals surface area contributed by atoms with Crippen LogP contribution in [-0.4, -0.2) is 18.5 Å². The third-order valence-electron chi connectivity index (χ3n) is 4.37. The van der Waals surface area contributed by atoms with E-state index in [1.807, 2.05) is 19.1 Å². The highest BCUT2D eigenvalue weighted by molar-refractivity contribution is 5.94. The van der Waals surface area contributed by atoms with Crippen LogP contribution in [0.3, 0.4) is 0 Å². The zero-order chi connectivity index (χ0) is 16.7. The molecule has 0 atom stereocenters. The summed E-state index contributed by atoms with van der Waals surface area (Å²) in [6.07, 6.45) is 6.70. The van der Waals surface area contributed by atoms with Crippen LogP contribution in [0.4, 0.5) is 16.2 Å². The monoisotopic (exact) mass is 317 g/mol. The molecular formula is C18H27N3O2. The van der Waals surface area contributed by atoms with Gasteiger partial charge in [0.05, 0.1) is 0 Å². The molecule has 0 aromatic heterocycles. The molecule has 3 amide bonds. The molecule has 1 aromatic rings. The molecule has 1 fully saturated rings. The van der Waals surface area contributed by atoms with Crippen molar-refractivity contribution in [3.05, 3.63) is 23.8 Å². The zero-order valence-corrected chi connectivity index (χ0v) is 14.1. The molecule has 1 saturated carbocycles. The number of hydrogen-bond acceptors (Lipinski definition) is 2. The fraction of sp³-hybridized carbons (Fsp3) is 0.556. The third kappa shape index (κ3) is 5.58. The Morgan fingerprint density at radius 1 is 1.13 bits per heavy atom. The SMILES string of the molecule is CCC(=O)Nc1ccc(C)c(NC(=O)NCC2CCCCC2)c1. The molecule has 0 heterocycles. The first-order valence-corrected chi connectivity index (χ1v) is 8.54. The second-order valence-corrected chi connectivity index (χ2v) is 6.27.